The molecule has 0 rings (SSSR count). The van der Waals surface area contributed by atoms with Crippen LogP contribution in [0.1, 0.15) is 90.4 Å². The summed E-state index contributed by atoms with van der Waals surface area (Å²) in [5.74, 6) is 0. The van der Waals surface area contributed by atoms with Crippen molar-refractivity contribution in [1.29, 1.82) is 0 Å². The number of unbranched alkanes of at least 4 members (excludes halogenated alkanes) is 12. The van der Waals surface area contributed by atoms with Crippen LogP contribution in [-0.2, 0) is 9.09 Å². The average molecular weight is 346 g/mol. The third-order valence-corrected chi connectivity index (χ3v) is 4.14. The van der Waals surface area contributed by atoms with Gasteiger partial charge in [0.05, 0.1) is 6.26 Å². The summed E-state index contributed by atoms with van der Waals surface area (Å²) in [6.07, 6.45) is 23.4. The van der Waals surface area contributed by atoms with Gasteiger partial charge in [0.15, 0.2) is 0 Å². The molecule has 0 amide bonds. The van der Waals surface area contributed by atoms with Gasteiger partial charge in [-0.25, -0.2) is 4.57 Å². The maximum absolute atomic E-state index is 10.4. The Hall–Kier alpha value is -0.570. The molecule has 0 heterocycles. The standard InChI is InChI=1S/C18H35O4P/c1-2-3-4-5-6-7-8-9-10-11-12-13-14-15-16-17-18-22-23(19,20)21/h15-18H,2-14H2,1H3,(H2,19,20,21)/b16-15+,18-17+. The van der Waals surface area contributed by atoms with Crippen LogP contribution in [-0.4, -0.2) is 9.79 Å². The molecular formula is C18H35O4P. The van der Waals surface area contributed by atoms with E-state index in [1.165, 1.54) is 83.1 Å². The Labute approximate surface area is 142 Å². The zero-order valence-electron chi connectivity index (χ0n) is 14.7. The SMILES string of the molecule is CCCCCCCCCCCCCC/C=C/C=C/OP(=O)(O)O. The molecule has 2 N–H and O–H groups in total. The topological polar surface area (TPSA) is 66.8 Å². The first kappa shape index (κ1) is 22.4. The Morgan fingerprint density at radius 1 is 0.783 bits per heavy atom. The van der Waals surface area contributed by atoms with Crippen molar-refractivity contribution in [1.82, 2.24) is 0 Å². The van der Waals surface area contributed by atoms with Crippen molar-refractivity contribution in [3.63, 3.8) is 0 Å². The van der Waals surface area contributed by atoms with E-state index in [9.17, 15) is 4.57 Å². The van der Waals surface area contributed by atoms with Gasteiger partial charge in [-0.3, -0.25) is 9.79 Å². The molecule has 0 aromatic rings. The van der Waals surface area contributed by atoms with Gasteiger partial charge in [0.25, 0.3) is 0 Å². The van der Waals surface area contributed by atoms with Crippen molar-refractivity contribution >= 4 is 7.82 Å². The molecule has 0 spiro atoms. The molecule has 0 fully saturated rings. The summed E-state index contributed by atoms with van der Waals surface area (Å²) in [6, 6.07) is 0. The molecular weight excluding hydrogens is 311 g/mol. The number of phosphoric ester groups is 1. The van der Waals surface area contributed by atoms with Crippen LogP contribution in [0.5, 0.6) is 0 Å². The van der Waals surface area contributed by atoms with Gasteiger partial charge in [0.2, 0.25) is 0 Å². The summed E-state index contributed by atoms with van der Waals surface area (Å²) in [6.45, 7) is 2.26. The Kier molecular flexibility index (Phi) is 15.9. The highest BCUT2D eigenvalue weighted by Crippen LogP contribution is 2.35. The molecule has 0 aromatic heterocycles. The number of allylic oxidation sites excluding steroid dienone is 3. The van der Waals surface area contributed by atoms with Crippen molar-refractivity contribution in [2.75, 3.05) is 0 Å². The summed E-state index contributed by atoms with van der Waals surface area (Å²) in [5.41, 5.74) is 0. The number of phosphoric acid groups is 1. The molecule has 5 heteroatoms. The number of hydrogen-bond donors (Lipinski definition) is 2. The molecule has 0 unspecified atom stereocenters. The maximum Gasteiger partial charge on any atom is 0.524 e. The van der Waals surface area contributed by atoms with Crippen molar-refractivity contribution in [2.45, 2.75) is 90.4 Å². The van der Waals surface area contributed by atoms with Crippen LogP contribution in [0.4, 0.5) is 0 Å². The van der Waals surface area contributed by atoms with Crippen LogP contribution in [0.25, 0.3) is 0 Å². The fourth-order valence-electron chi connectivity index (χ4n) is 2.44. The second-order valence-electron chi connectivity index (χ2n) is 6.03. The van der Waals surface area contributed by atoms with Crippen molar-refractivity contribution in [3.8, 4) is 0 Å². The molecule has 0 aromatic carbocycles. The zero-order valence-corrected chi connectivity index (χ0v) is 15.6. The van der Waals surface area contributed by atoms with Gasteiger partial charge in [-0.15, -0.1) is 0 Å². The van der Waals surface area contributed by atoms with Gasteiger partial charge in [-0.2, -0.15) is 0 Å². The second kappa shape index (κ2) is 16.3. The monoisotopic (exact) mass is 346 g/mol. The van der Waals surface area contributed by atoms with E-state index in [4.69, 9.17) is 9.79 Å². The lowest BCUT2D eigenvalue weighted by molar-refractivity contribution is 0.258. The molecule has 0 aliphatic rings. The van der Waals surface area contributed by atoms with E-state index in [1.807, 2.05) is 6.08 Å². The van der Waals surface area contributed by atoms with E-state index in [1.54, 1.807) is 6.08 Å². The van der Waals surface area contributed by atoms with Crippen molar-refractivity contribution in [3.05, 3.63) is 24.5 Å². The van der Waals surface area contributed by atoms with E-state index >= 15 is 0 Å². The average Bonchev–Trinajstić information content (AvgIpc) is 2.49. The van der Waals surface area contributed by atoms with Gasteiger partial charge >= 0.3 is 7.82 Å². The fourth-order valence-corrected chi connectivity index (χ4v) is 2.67. The lowest BCUT2D eigenvalue weighted by Gasteiger charge is -2.02. The van der Waals surface area contributed by atoms with Gasteiger partial charge in [0.1, 0.15) is 0 Å². The van der Waals surface area contributed by atoms with Crippen molar-refractivity contribution in [2.24, 2.45) is 0 Å². The highest BCUT2D eigenvalue weighted by Gasteiger charge is 2.10. The quantitative estimate of drug-likeness (QED) is 0.150. The van der Waals surface area contributed by atoms with E-state index in [2.05, 4.69) is 11.4 Å². The summed E-state index contributed by atoms with van der Waals surface area (Å²) in [5, 5.41) is 0. The minimum Gasteiger partial charge on any atom is -0.412 e. The van der Waals surface area contributed by atoms with E-state index < -0.39 is 7.82 Å². The molecule has 0 atom stereocenters. The summed E-state index contributed by atoms with van der Waals surface area (Å²) < 4.78 is 14.6. The molecule has 0 saturated heterocycles. The molecule has 0 bridgehead atoms. The molecule has 23 heavy (non-hydrogen) atoms. The Balaban J connectivity index is 3.20. The Morgan fingerprint density at radius 2 is 1.26 bits per heavy atom. The maximum atomic E-state index is 10.4. The molecule has 0 saturated carbocycles. The third-order valence-electron chi connectivity index (χ3n) is 3.75. The molecule has 4 nitrogen and oxygen atoms in total. The van der Waals surface area contributed by atoms with E-state index in [-0.39, 0.29) is 0 Å². The largest absolute Gasteiger partial charge is 0.524 e. The first-order chi connectivity index (χ1) is 11.1. The molecule has 0 radical (unpaired) electrons. The van der Waals surface area contributed by atoms with Crippen LogP contribution in [0.2, 0.25) is 0 Å². The van der Waals surface area contributed by atoms with Crippen LogP contribution in [0.15, 0.2) is 24.5 Å². The summed E-state index contributed by atoms with van der Waals surface area (Å²) in [4.78, 5) is 16.9. The fraction of sp³-hybridized carbons (Fsp3) is 0.778. The van der Waals surface area contributed by atoms with Crippen LogP contribution < -0.4 is 0 Å². The minimum absolute atomic E-state index is 0.998. The van der Waals surface area contributed by atoms with Gasteiger partial charge in [-0.05, 0) is 18.9 Å². The lowest BCUT2D eigenvalue weighted by atomic mass is 10.0. The van der Waals surface area contributed by atoms with Crippen LogP contribution >= 0.6 is 7.82 Å². The molecule has 0 aliphatic heterocycles. The van der Waals surface area contributed by atoms with Crippen LogP contribution in [0, 0.1) is 0 Å². The molecule has 136 valence electrons. The van der Waals surface area contributed by atoms with Gasteiger partial charge in [-0.1, -0.05) is 89.7 Å². The van der Waals surface area contributed by atoms with Gasteiger partial charge < -0.3 is 4.52 Å². The molecule has 0 aliphatic carbocycles. The van der Waals surface area contributed by atoms with E-state index in [0.29, 0.717) is 0 Å². The predicted molar refractivity (Wildman–Crippen MR) is 97.1 cm³/mol. The van der Waals surface area contributed by atoms with Gasteiger partial charge in [0, 0.05) is 0 Å². The number of rotatable bonds is 16. The second-order valence-corrected chi connectivity index (χ2v) is 7.22. The number of hydrogen-bond acceptors (Lipinski definition) is 2. The summed E-state index contributed by atoms with van der Waals surface area (Å²) >= 11 is 0. The van der Waals surface area contributed by atoms with E-state index in [0.717, 1.165) is 12.7 Å². The predicted octanol–water partition coefficient (Wildman–Crippen LogP) is 6.26. The Bertz CT molecular complexity index is 347. The summed E-state index contributed by atoms with van der Waals surface area (Å²) in [7, 11) is -4.38. The first-order valence-electron chi connectivity index (χ1n) is 9.12. The minimum atomic E-state index is -4.38. The zero-order chi connectivity index (χ0) is 17.2. The highest BCUT2D eigenvalue weighted by molar-refractivity contribution is 7.46. The highest BCUT2D eigenvalue weighted by atomic mass is 31.2. The first-order valence-corrected chi connectivity index (χ1v) is 10.6. The third kappa shape index (κ3) is 21.4. The van der Waals surface area contributed by atoms with Crippen molar-refractivity contribution < 1.29 is 18.9 Å². The van der Waals surface area contributed by atoms with Crippen LogP contribution in [0.3, 0.4) is 0 Å². The Morgan fingerprint density at radius 3 is 1.74 bits per heavy atom. The lowest BCUT2D eigenvalue weighted by Crippen LogP contribution is -1.82. The smallest absolute Gasteiger partial charge is 0.412 e. The normalized spacial score (nSPS) is 12.5.